The molecule has 0 atom stereocenters. The molecule has 0 bridgehead atoms. The van der Waals surface area contributed by atoms with Gasteiger partial charge in [-0.25, -0.2) is 4.39 Å². The molecule has 0 radical (unpaired) electrons. The number of nitrogens with zero attached hydrogens (tertiary/aromatic N) is 1. The van der Waals surface area contributed by atoms with E-state index in [1.165, 1.54) is 12.1 Å². The van der Waals surface area contributed by atoms with E-state index in [1.807, 2.05) is 6.07 Å². The predicted molar refractivity (Wildman–Crippen MR) is 73.7 cm³/mol. The minimum atomic E-state index is -4.69. The Morgan fingerprint density at radius 2 is 1.83 bits per heavy atom. The van der Waals surface area contributed by atoms with Crippen molar-refractivity contribution in [1.29, 1.82) is 5.26 Å². The zero-order valence-corrected chi connectivity index (χ0v) is 11.7. The van der Waals surface area contributed by atoms with Crippen molar-refractivity contribution in [2.75, 3.05) is 0 Å². The van der Waals surface area contributed by atoms with Gasteiger partial charge in [-0.1, -0.05) is 6.07 Å². The highest BCUT2D eigenvalue weighted by atomic mass is 19.4. The number of nitrogens with one attached hydrogen (secondary N) is 2. The van der Waals surface area contributed by atoms with Gasteiger partial charge in [0, 0.05) is 24.7 Å². The second-order valence-corrected chi connectivity index (χ2v) is 4.74. The van der Waals surface area contributed by atoms with Crippen LogP contribution in [0, 0.1) is 17.1 Å². The Morgan fingerprint density at radius 1 is 1.13 bits per heavy atom. The molecule has 0 unspecified atom stereocenters. The van der Waals surface area contributed by atoms with Crippen LogP contribution in [0.25, 0.3) is 0 Å². The van der Waals surface area contributed by atoms with E-state index in [-0.39, 0.29) is 29.8 Å². The molecular weight excluding hydrogens is 314 g/mol. The van der Waals surface area contributed by atoms with Crippen molar-refractivity contribution in [3.8, 4) is 6.07 Å². The number of rotatable bonds is 4. The summed E-state index contributed by atoms with van der Waals surface area (Å²) < 4.78 is 52.1. The Morgan fingerprint density at radius 3 is 2.48 bits per heavy atom. The van der Waals surface area contributed by atoms with Crippen LogP contribution in [-0.2, 0) is 19.3 Å². The molecule has 0 amide bonds. The number of aromatic nitrogens is 1. The summed E-state index contributed by atoms with van der Waals surface area (Å²) in [6, 6.07) is 7.66. The third-order valence-corrected chi connectivity index (χ3v) is 3.09. The third-order valence-electron chi connectivity index (χ3n) is 3.09. The SMILES string of the molecule is N#Cc1ccc(F)c(CNCc2ccc(=O)[nH]c2C(F)(F)F)c1. The smallest absolute Gasteiger partial charge is 0.318 e. The summed E-state index contributed by atoms with van der Waals surface area (Å²) in [7, 11) is 0. The van der Waals surface area contributed by atoms with Gasteiger partial charge in [-0.05, 0) is 23.8 Å². The molecule has 2 aromatic rings. The molecule has 0 spiro atoms. The van der Waals surface area contributed by atoms with E-state index < -0.39 is 23.2 Å². The fourth-order valence-electron chi connectivity index (χ4n) is 2.02. The second-order valence-electron chi connectivity index (χ2n) is 4.74. The molecule has 0 saturated heterocycles. The molecule has 0 aliphatic carbocycles. The van der Waals surface area contributed by atoms with Gasteiger partial charge in [0.2, 0.25) is 5.56 Å². The van der Waals surface area contributed by atoms with Crippen molar-refractivity contribution in [3.05, 3.63) is 68.9 Å². The van der Waals surface area contributed by atoms with E-state index in [4.69, 9.17) is 5.26 Å². The minimum absolute atomic E-state index is 0.0578. The number of hydrogen-bond donors (Lipinski definition) is 2. The molecule has 1 aromatic carbocycles. The molecule has 0 fully saturated rings. The zero-order chi connectivity index (χ0) is 17.0. The maximum Gasteiger partial charge on any atom is 0.431 e. The number of alkyl halides is 3. The monoisotopic (exact) mass is 325 g/mol. The molecule has 1 aromatic heterocycles. The van der Waals surface area contributed by atoms with E-state index in [1.54, 1.807) is 4.98 Å². The summed E-state index contributed by atoms with van der Waals surface area (Å²) in [5, 5.41) is 11.4. The van der Waals surface area contributed by atoms with Gasteiger partial charge in [0.15, 0.2) is 0 Å². The number of hydrogen-bond acceptors (Lipinski definition) is 3. The zero-order valence-electron chi connectivity index (χ0n) is 11.7. The summed E-state index contributed by atoms with van der Waals surface area (Å²) in [5.41, 5.74) is -1.73. The predicted octanol–water partition coefficient (Wildman–Crippen LogP) is 2.69. The summed E-state index contributed by atoms with van der Waals surface area (Å²) in [6.07, 6.45) is -4.69. The number of pyridine rings is 1. The first kappa shape index (κ1) is 16.7. The normalized spacial score (nSPS) is 11.3. The number of benzene rings is 1. The van der Waals surface area contributed by atoms with Gasteiger partial charge in [0.1, 0.15) is 11.5 Å². The highest BCUT2D eigenvalue weighted by Gasteiger charge is 2.34. The maximum atomic E-state index is 13.6. The van der Waals surface area contributed by atoms with Gasteiger partial charge < -0.3 is 10.3 Å². The molecule has 120 valence electrons. The first-order valence-electron chi connectivity index (χ1n) is 6.50. The lowest BCUT2D eigenvalue weighted by atomic mass is 10.1. The summed E-state index contributed by atoms with van der Waals surface area (Å²) in [4.78, 5) is 12.8. The van der Waals surface area contributed by atoms with E-state index in [9.17, 15) is 22.4 Å². The van der Waals surface area contributed by atoms with Gasteiger partial charge in [0.05, 0.1) is 11.6 Å². The van der Waals surface area contributed by atoms with Gasteiger partial charge >= 0.3 is 6.18 Å². The Kier molecular flexibility index (Phi) is 4.81. The number of aromatic amines is 1. The molecule has 1 heterocycles. The molecule has 0 aliphatic rings. The Balaban J connectivity index is 2.14. The van der Waals surface area contributed by atoms with Crippen molar-refractivity contribution < 1.29 is 17.6 Å². The Labute approximate surface area is 128 Å². The fourth-order valence-corrected chi connectivity index (χ4v) is 2.02. The van der Waals surface area contributed by atoms with Crippen molar-refractivity contribution in [2.24, 2.45) is 0 Å². The number of halogens is 4. The lowest BCUT2D eigenvalue weighted by molar-refractivity contribution is -0.142. The molecular formula is C15H11F4N3O. The molecule has 0 saturated carbocycles. The third kappa shape index (κ3) is 4.17. The topological polar surface area (TPSA) is 68.7 Å². The summed E-state index contributed by atoms with van der Waals surface area (Å²) in [6.45, 7) is -0.278. The standard InChI is InChI=1S/C15H11F4N3O/c16-12-3-1-9(6-20)5-11(12)8-21-7-10-2-4-13(23)22-14(10)15(17,18)19/h1-5,21H,7-8H2,(H,22,23). The maximum absolute atomic E-state index is 13.6. The van der Waals surface area contributed by atoms with Gasteiger partial charge in [-0.3, -0.25) is 4.79 Å². The van der Waals surface area contributed by atoms with Crippen LogP contribution >= 0.6 is 0 Å². The van der Waals surface area contributed by atoms with E-state index >= 15 is 0 Å². The van der Waals surface area contributed by atoms with Crippen LogP contribution in [0.5, 0.6) is 0 Å². The van der Waals surface area contributed by atoms with Crippen LogP contribution in [0.15, 0.2) is 35.1 Å². The van der Waals surface area contributed by atoms with Gasteiger partial charge in [0.25, 0.3) is 0 Å². The lowest BCUT2D eigenvalue weighted by Gasteiger charge is -2.13. The Bertz CT molecular complexity index is 806. The van der Waals surface area contributed by atoms with E-state index in [0.717, 1.165) is 18.2 Å². The van der Waals surface area contributed by atoms with Crippen LogP contribution in [-0.4, -0.2) is 4.98 Å². The quantitative estimate of drug-likeness (QED) is 0.849. The molecule has 0 aliphatic heterocycles. The first-order chi connectivity index (χ1) is 10.8. The molecule has 23 heavy (non-hydrogen) atoms. The van der Waals surface area contributed by atoms with Crippen LogP contribution < -0.4 is 10.9 Å². The molecule has 2 N–H and O–H groups in total. The van der Waals surface area contributed by atoms with Crippen molar-refractivity contribution in [1.82, 2.24) is 10.3 Å². The van der Waals surface area contributed by atoms with Gasteiger partial charge in [-0.15, -0.1) is 0 Å². The average Bonchev–Trinajstić information content (AvgIpc) is 2.49. The van der Waals surface area contributed by atoms with Crippen LogP contribution in [0.1, 0.15) is 22.4 Å². The van der Waals surface area contributed by atoms with Crippen LogP contribution in [0.3, 0.4) is 0 Å². The molecule has 4 nitrogen and oxygen atoms in total. The average molecular weight is 325 g/mol. The Hall–Kier alpha value is -2.66. The van der Waals surface area contributed by atoms with E-state index in [2.05, 4.69) is 5.32 Å². The van der Waals surface area contributed by atoms with Crippen molar-refractivity contribution in [2.45, 2.75) is 19.3 Å². The van der Waals surface area contributed by atoms with Crippen molar-refractivity contribution >= 4 is 0 Å². The lowest BCUT2D eigenvalue weighted by Crippen LogP contribution is -2.22. The number of H-pyrrole nitrogens is 1. The fraction of sp³-hybridized carbons (Fsp3) is 0.200. The van der Waals surface area contributed by atoms with Crippen LogP contribution in [0.4, 0.5) is 17.6 Å². The minimum Gasteiger partial charge on any atom is -0.318 e. The highest BCUT2D eigenvalue weighted by molar-refractivity contribution is 5.33. The summed E-state index contributed by atoms with van der Waals surface area (Å²) >= 11 is 0. The van der Waals surface area contributed by atoms with E-state index in [0.29, 0.717) is 0 Å². The largest absolute Gasteiger partial charge is 0.431 e. The second kappa shape index (κ2) is 6.62. The number of nitriles is 1. The molecule has 2 rings (SSSR count). The van der Waals surface area contributed by atoms with Crippen molar-refractivity contribution in [3.63, 3.8) is 0 Å². The highest BCUT2D eigenvalue weighted by Crippen LogP contribution is 2.29. The first-order valence-corrected chi connectivity index (χ1v) is 6.50. The van der Waals surface area contributed by atoms with Gasteiger partial charge in [-0.2, -0.15) is 18.4 Å². The van der Waals surface area contributed by atoms with Crippen LogP contribution in [0.2, 0.25) is 0 Å². The summed E-state index contributed by atoms with van der Waals surface area (Å²) in [5.74, 6) is -0.561. The molecule has 8 heteroatoms.